The minimum atomic E-state index is -0.00386. The fourth-order valence-electron chi connectivity index (χ4n) is 3.19. The van der Waals surface area contributed by atoms with E-state index in [9.17, 15) is 4.79 Å². The maximum Gasteiger partial charge on any atom is 0.252 e. The van der Waals surface area contributed by atoms with Crippen LogP contribution in [-0.2, 0) is 11.2 Å². The summed E-state index contributed by atoms with van der Waals surface area (Å²) in [7, 11) is 0. The lowest BCUT2D eigenvalue weighted by Crippen LogP contribution is -2.41. The van der Waals surface area contributed by atoms with E-state index in [1.165, 1.54) is 5.56 Å². The zero-order valence-electron chi connectivity index (χ0n) is 13.6. The van der Waals surface area contributed by atoms with Crippen LogP contribution in [0.3, 0.4) is 0 Å². The molecule has 1 aliphatic heterocycles. The van der Waals surface area contributed by atoms with Gasteiger partial charge in [0.15, 0.2) is 0 Å². The van der Waals surface area contributed by atoms with E-state index in [0.717, 1.165) is 23.1 Å². The Kier molecular flexibility index (Phi) is 4.72. The molecule has 2 atom stereocenters. The number of rotatable bonds is 4. The molecule has 0 unspecified atom stereocenters. The van der Waals surface area contributed by atoms with E-state index in [0.29, 0.717) is 19.1 Å². The molecule has 23 heavy (non-hydrogen) atoms. The van der Waals surface area contributed by atoms with Crippen molar-refractivity contribution < 1.29 is 9.53 Å². The van der Waals surface area contributed by atoms with Crippen molar-refractivity contribution in [2.45, 2.75) is 26.3 Å². The molecular formula is C19H22N2O2. The molecule has 0 spiro atoms. The van der Waals surface area contributed by atoms with Crippen molar-refractivity contribution in [1.29, 1.82) is 0 Å². The lowest BCUT2D eigenvalue weighted by molar-refractivity contribution is 0.0924. The summed E-state index contributed by atoms with van der Waals surface area (Å²) in [6, 6.07) is 10.0. The van der Waals surface area contributed by atoms with Gasteiger partial charge < -0.3 is 10.1 Å². The van der Waals surface area contributed by atoms with Gasteiger partial charge in [-0.3, -0.25) is 9.78 Å². The molecule has 0 aliphatic carbocycles. The van der Waals surface area contributed by atoms with E-state index in [1.807, 2.05) is 44.2 Å². The van der Waals surface area contributed by atoms with Crippen LogP contribution in [0, 0.1) is 19.8 Å². The van der Waals surface area contributed by atoms with Crippen LogP contribution < -0.4 is 5.32 Å². The highest BCUT2D eigenvalue weighted by Crippen LogP contribution is 2.20. The summed E-state index contributed by atoms with van der Waals surface area (Å²) in [6.45, 7) is 5.20. The number of nitrogens with one attached hydrogen (secondary N) is 1. The van der Waals surface area contributed by atoms with Crippen LogP contribution in [-0.4, -0.2) is 30.1 Å². The highest BCUT2D eigenvalue weighted by atomic mass is 16.5. The smallest absolute Gasteiger partial charge is 0.252 e. The van der Waals surface area contributed by atoms with Gasteiger partial charge >= 0.3 is 0 Å². The van der Waals surface area contributed by atoms with E-state index < -0.39 is 0 Å². The number of aromatic nitrogens is 1. The Morgan fingerprint density at radius 3 is 2.57 bits per heavy atom. The quantitative estimate of drug-likeness (QED) is 0.944. The topological polar surface area (TPSA) is 51.2 Å². The number of nitrogens with zero attached hydrogens (tertiary/aromatic N) is 1. The lowest BCUT2D eigenvalue weighted by atomic mass is 9.94. The SMILES string of the molecule is Cc1cccc(C)c1C(=O)N[C@H]1COC[C@H]1Cc1ccncc1. The summed E-state index contributed by atoms with van der Waals surface area (Å²) in [5, 5.41) is 3.17. The van der Waals surface area contributed by atoms with Gasteiger partial charge in [0, 0.05) is 23.9 Å². The molecule has 2 heterocycles. The molecule has 2 aromatic rings. The van der Waals surface area contributed by atoms with Crippen LogP contribution in [0.5, 0.6) is 0 Å². The monoisotopic (exact) mass is 310 g/mol. The molecule has 1 saturated heterocycles. The number of hydrogen-bond acceptors (Lipinski definition) is 3. The van der Waals surface area contributed by atoms with E-state index in [-0.39, 0.29) is 11.9 Å². The molecule has 4 nitrogen and oxygen atoms in total. The number of carbonyl (C=O) groups excluding carboxylic acids is 1. The average molecular weight is 310 g/mol. The Labute approximate surface area is 136 Å². The van der Waals surface area contributed by atoms with E-state index in [1.54, 1.807) is 12.4 Å². The van der Waals surface area contributed by atoms with Crippen molar-refractivity contribution in [3.05, 3.63) is 65.0 Å². The maximum atomic E-state index is 12.7. The highest BCUT2D eigenvalue weighted by Gasteiger charge is 2.30. The summed E-state index contributed by atoms with van der Waals surface area (Å²) < 4.78 is 5.61. The normalized spacial score (nSPS) is 20.4. The number of aryl methyl sites for hydroxylation is 2. The van der Waals surface area contributed by atoms with Crippen LogP contribution in [0.25, 0.3) is 0 Å². The van der Waals surface area contributed by atoms with Gasteiger partial charge in [-0.2, -0.15) is 0 Å². The largest absolute Gasteiger partial charge is 0.379 e. The molecule has 1 aromatic carbocycles. The molecule has 1 aromatic heterocycles. The minimum absolute atomic E-state index is 0.00386. The fraction of sp³-hybridized carbons (Fsp3) is 0.368. The van der Waals surface area contributed by atoms with Gasteiger partial charge in [0.1, 0.15) is 0 Å². The predicted octanol–water partition coefficient (Wildman–Crippen LogP) is 2.69. The second-order valence-electron chi connectivity index (χ2n) is 6.20. The van der Waals surface area contributed by atoms with Crippen molar-refractivity contribution in [1.82, 2.24) is 10.3 Å². The third-order valence-electron chi connectivity index (χ3n) is 4.47. The Morgan fingerprint density at radius 2 is 1.87 bits per heavy atom. The van der Waals surface area contributed by atoms with Crippen molar-refractivity contribution in [3.8, 4) is 0 Å². The molecule has 4 heteroatoms. The fourth-order valence-corrected chi connectivity index (χ4v) is 3.19. The number of amides is 1. The van der Waals surface area contributed by atoms with Gasteiger partial charge in [-0.25, -0.2) is 0 Å². The first-order valence-electron chi connectivity index (χ1n) is 7.99. The van der Waals surface area contributed by atoms with Gasteiger partial charge in [0.25, 0.3) is 5.91 Å². The molecule has 1 aliphatic rings. The first-order valence-corrected chi connectivity index (χ1v) is 7.99. The van der Waals surface area contributed by atoms with Crippen LogP contribution >= 0.6 is 0 Å². The Hall–Kier alpha value is -2.20. The second kappa shape index (κ2) is 6.92. The number of hydrogen-bond donors (Lipinski definition) is 1. The summed E-state index contributed by atoms with van der Waals surface area (Å²) in [5.41, 5.74) is 4.02. The third-order valence-corrected chi connectivity index (χ3v) is 4.47. The first kappa shape index (κ1) is 15.7. The highest BCUT2D eigenvalue weighted by molar-refractivity contribution is 5.97. The lowest BCUT2D eigenvalue weighted by Gasteiger charge is -2.20. The first-order chi connectivity index (χ1) is 11.1. The van der Waals surface area contributed by atoms with Gasteiger partial charge in [-0.1, -0.05) is 18.2 Å². The number of ether oxygens (including phenoxy) is 1. The standard InChI is InChI=1S/C19H22N2O2/c1-13-4-3-5-14(2)18(13)19(22)21-17-12-23-11-16(17)10-15-6-8-20-9-7-15/h3-9,16-17H,10-12H2,1-2H3,(H,21,22)/t16-,17+/m1/s1. The molecule has 1 fully saturated rings. The Bertz CT molecular complexity index is 665. The van der Waals surface area contributed by atoms with E-state index >= 15 is 0 Å². The third kappa shape index (κ3) is 3.59. The number of benzene rings is 1. The van der Waals surface area contributed by atoms with Gasteiger partial charge in [-0.15, -0.1) is 0 Å². The molecule has 120 valence electrons. The molecule has 0 bridgehead atoms. The van der Waals surface area contributed by atoms with Crippen molar-refractivity contribution in [2.24, 2.45) is 5.92 Å². The molecule has 0 radical (unpaired) electrons. The van der Waals surface area contributed by atoms with Crippen molar-refractivity contribution in [2.75, 3.05) is 13.2 Å². The predicted molar refractivity (Wildman–Crippen MR) is 89.4 cm³/mol. The van der Waals surface area contributed by atoms with Crippen molar-refractivity contribution >= 4 is 5.91 Å². The summed E-state index contributed by atoms with van der Waals surface area (Å²) in [6.07, 6.45) is 4.49. The van der Waals surface area contributed by atoms with Crippen LogP contribution in [0.4, 0.5) is 0 Å². The Balaban J connectivity index is 1.70. The molecule has 1 N–H and O–H groups in total. The summed E-state index contributed by atoms with van der Waals surface area (Å²) in [4.78, 5) is 16.7. The van der Waals surface area contributed by atoms with Crippen LogP contribution in [0.1, 0.15) is 27.0 Å². The van der Waals surface area contributed by atoms with E-state index in [4.69, 9.17) is 4.74 Å². The van der Waals surface area contributed by atoms with Gasteiger partial charge in [0.2, 0.25) is 0 Å². The van der Waals surface area contributed by atoms with Gasteiger partial charge in [0.05, 0.1) is 19.3 Å². The minimum Gasteiger partial charge on any atom is -0.379 e. The van der Waals surface area contributed by atoms with Crippen LogP contribution in [0.2, 0.25) is 0 Å². The second-order valence-corrected chi connectivity index (χ2v) is 6.20. The van der Waals surface area contributed by atoms with Crippen molar-refractivity contribution in [3.63, 3.8) is 0 Å². The molecule has 0 saturated carbocycles. The zero-order chi connectivity index (χ0) is 16.2. The zero-order valence-corrected chi connectivity index (χ0v) is 13.6. The molecule has 3 rings (SSSR count). The summed E-state index contributed by atoms with van der Waals surface area (Å²) in [5.74, 6) is 0.293. The summed E-state index contributed by atoms with van der Waals surface area (Å²) >= 11 is 0. The average Bonchev–Trinajstić information content (AvgIpc) is 2.95. The molecule has 1 amide bonds. The maximum absolute atomic E-state index is 12.7. The Morgan fingerprint density at radius 1 is 1.17 bits per heavy atom. The van der Waals surface area contributed by atoms with Crippen LogP contribution in [0.15, 0.2) is 42.7 Å². The number of pyridine rings is 1. The number of carbonyl (C=O) groups is 1. The van der Waals surface area contributed by atoms with E-state index in [2.05, 4.69) is 10.3 Å². The van der Waals surface area contributed by atoms with Gasteiger partial charge in [-0.05, 0) is 49.1 Å². The molecular weight excluding hydrogens is 288 g/mol.